The van der Waals surface area contributed by atoms with Crippen molar-refractivity contribution >= 4 is 24.4 Å². The molecule has 1 heterocycles. The second-order valence-electron chi connectivity index (χ2n) is 4.77. The smallest absolute Gasteiger partial charge is 0.243 e. The van der Waals surface area contributed by atoms with E-state index >= 15 is 0 Å². The van der Waals surface area contributed by atoms with Crippen molar-refractivity contribution in [1.82, 2.24) is 15.5 Å². The summed E-state index contributed by atoms with van der Waals surface area (Å²) >= 11 is 4.08. The first kappa shape index (κ1) is 15.3. The Bertz CT molecular complexity index is 293. The summed E-state index contributed by atoms with van der Waals surface area (Å²) in [5.74, 6) is -0.0632. The van der Waals surface area contributed by atoms with Crippen molar-refractivity contribution in [3.8, 4) is 0 Å². The number of rotatable bonds is 6. The molecule has 5 nitrogen and oxygen atoms in total. The number of nitrogens with zero attached hydrogens (tertiary/aromatic N) is 1. The van der Waals surface area contributed by atoms with Crippen LogP contribution >= 0.6 is 12.6 Å². The van der Waals surface area contributed by atoms with E-state index in [0.29, 0.717) is 18.3 Å². The number of amides is 2. The molecule has 1 fully saturated rings. The van der Waals surface area contributed by atoms with Crippen molar-refractivity contribution in [1.29, 1.82) is 0 Å². The topological polar surface area (TPSA) is 61.4 Å². The van der Waals surface area contributed by atoms with E-state index in [1.165, 1.54) is 19.8 Å². The van der Waals surface area contributed by atoms with E-state index < -0.39 is 6.04 Å². The lowest BCUT2D eigenvalue weighted by atomic mass is 10.2. The zero-order valence-electron chi connectivity index (χ0n) is 11.1. The van der Waals surface area contributed by atoms with E-state index in [-0.39, 0.29) is 11.8 Å². The van der Waals surface area contributed by atoms with Crippen LogP contribution < -0.4 is 10.6 Å². The zero-order chi connectivity index (χ0) is 13.5. The summed E-state index contributed by atoms with van der Waals surface area (Å²) in [4.78, 5) is 25.1. The monoisotopic (exact) mass is 273 g/mol. The van der Waals surface area contributed by atoms with Gasteiger partial charge in [0.05, 0.1) is 0 Å². The average Bonchev–Trinajstić information content (AvgIpc) is 2.86. The van der Waals surface area contributed by atoms with E-state index in [4.69, 9.17) is 0 Å². The molecule has 0 radical (unpaired) electrons. The zero-order valence-corrected chi connectivity index (χ0v) is 12.0. The van der Waals surface area contributed by atoms with Crippen molar-refractivity contribution in [2.75, 3.05) is 25.4 Å². The summed E-state index contributed by atoms with van der Waals surface area (Å²) < 4.78 is 0. The fourth-order valence-electron chi connectivity index (χ4n) is 2.12. The molecule has 1 aliphatic heterocycles. The quantitative estimate of drug-likeness (QED) is 0.598. The van der Waals surface area contributed by atoms with Crippen LogP contribution in [-0.4, -0.2) is 54.2 Å². The number of carbonyl (C=O) groups excluding carboxylic acids is 2. The molecule has 2 unspecified atom stereocenters. The van der Waals surface area contributed by atoms with Crippen LogP contribution in [0.1, 0.15) is 26.7 Å². The predicted octanol–water partition coefficient (Wildman–Crippen LogP) is 0.0214. The van der Waals surface area contributed by atoms with Crippen molar-refractivity contribution in [2.24, 2.45) is 0 Å². The molecule has 104 valence electrons. The largest absolute Gasteiger partial charge is 0.353 e. The van der Waals surface area contributed by atoms with Crippen molar-refractivity contribution in [3.63, 3.8) is 0 Å². The predicted molar refractivity (Wildman–Crippen MR) is 74.7 cm³/mol. The molecule has 2 amide bonds. The van der Waals surface area contributed by atoms with Crippen molar-refractivity contribution in [2.45, 2.75) is 38.8 Å². The summed E-state index contributed by atoms with van der Waals surface area (Å²) in [7, 11) is 0. The van der Waals surface area contributed by atoms with Crippen LogP contribution in [0.15, 0.2) is 0 Å². The van der Waals surface area contributed by atoms with Gasteiger partial charge in [0.2, 0.25) is 11.8 Å². The lowest BCUT2D eigenvalue weighted by molar-refractivity contribution is -0.127. The molecule has 0 aliphatic carbocycles. The Morgan fingerprint density at radius 2 is 1.94 bits per heavy atom. The van der Waals surface area contributed by atoms with Gasteiger partial charge in [0.25, 0.3) is 0 Å². The van der Waals surface area contributed by atoms with Crippen LogP contribution in [0.4, 0.5) is 0 Å². The van der Waals surface area contributed by atoms with Crippen LogP contribution in [0.3, 0.4) is 0 Å². The molecule has 0 spiro atoms. The molecule has 2 N–H and O–H groups in total. The lowest BCUT2D eigenvalue weighted by Gasteiger charge is -2.25. The van der Waals surface area contributed by atoms with Crippen LogP contribution in [0.25, 0.3) is 0 Å². The van der Waals surface area contributed by atoms with Gasteiger partial charge < -0.3 is 10.6 Å². The van der Waals surface area contributed by atoms with E-state index in [1.807, 2.05) is 0 Å². The number of hydrogen-bond acceptors (Lipinski definition) is 4. The number of hydrogen-bond donors (Lipinski definition) is 3. The Hall–Kier alpha value is -0.750. The second-order valence-corrected chi connectivity index (χ2v) is 5.14. The van der Waals surface area contributed by atoms with Gasteiger partial charge in [-0.2, -0.15) is 12.6 Å². The van der Waals surface area contributed by atoms with Crippen LogP contribution in [0, 0.1) is 0 Å². The van der Waals surface area contributed by atoms with Gasteiger partial charge >= 0.3 is 0 Å². The molecule has 1 rings (SSSR count). The lowest BCUT2D eigenvalue weighted by Crippen LogP contribution is -2.50. The van der Waals surface area contributed by atoms with E-state index in [2.05, 4.69) is 35.1 Å². The molecule has 0 bridgehead atoms. The van der Waals surface area contributed by atoms with Gasteiger partial charge in [-0.1, -0.05) is 0 Å². The molecule has 0 saturated carbocycles. The highest BCUT2D eigenvalue weighted by Gasteiger charge is 2.21. The van der Waals surface area contributed by atoms with Gasteiger partial charge in [-0.15, -0.1) is 0 Å². The third kappa shape index (κ3) is 4.86. The highest BCUT2D eigenvalue weighted by atomic mass is 32.1. The molecule has 6 heteroatoms. The highest BCUT2D eigenvalue weighted by Crippen LogP contribution is 2.10. The Labute approximate surface area is 114 Å². The molecule has 0 aromatic rings. The molecular weight excluding hydrogens is 250 g/mol. The maximum Gasteiger partial charge on any atom is 0.243 e. The SMILES string of the molecule is CC(=O)NC(CS)C(=O)NCC(C)N1CCCC1. The number of nitrogens with one attached hydrogen (secondary N) is 2. The molecule has 1 saturated heterocycles. The normalized spacial score (nSPS) is 19.3. The Morgan fingerprint density at radius 1 is 1.33 bits per heavy atom. The van der Waals surface area contributed by atoms with E-state index in [9.17, 15) is 9.59 Å². The first-order valence-electron chi connectivity index (χ1n) is 6.44. The molecule has 0 aromatic heterocycles. The van der Waals surface area contributed by atoms with Crippen molar-refractivity contribution < 1.29 is 9.59 Å². The Morgan fingerprint density at radius 3 is 2.44 bits per heavy atom. The third-order valence-corrected chi connectivity index (χ3v) is 3.58. The minimum Gasteiger partial charge on any atom is -0.353 e. The summed E-state index contributed by atoms with van der Waals surface area (Å²) in [6.07, 6.45) is 2.48. The molecule has 0 aromatic carbocycles. The van der Waals surface area contributed by atoms with Crippen LogP contribution in [0.5, 0.6) is 0 Å². The van der Waals surface area contributed by atoms with Crippen LogP contribution in [-0.2, 0) is 9.59 Å². The summed E-state index contributed by atoms with van der Waals surface area (Å²) in [5, 5.41) is 5.45. The van der Waals surface area contributed by atoms with Gasteiger partial charge in [0, 0.05) is 25.3 Å². The Kier molecular flexibility index (Phi) is 6.49. The standard InChI is InChI=1S/C12H23N3O2S/c1-9(15-5-3-4-6-15)7-13-12(17)11(8-18)14-10(2)16/h9,11,18H,3-8H2,1-2H3,(H,13,17)(H,14,16). The summed E-state index contributed by atoms with van der Waals surface area (Å²) in [6, 6.07) is -0.203. The second kappa shape index (κ2) is 7.63. The average molecular weight is 273 g/mol. The first-order valence-corrected chi connectivity index (χ1v) is 7.07. The van der Waals surface area contributed by atoms with Gasteiger partial charge in [-0.05, 0) is 32.9 Å². The minimum atomic E-state index is -0.545. The summed E-state index contributed by atoms with van der Waals surface area (Å²) in [5.41, 5.74) is 0. The highest BCUT2D eigenvalue weighted by molar-refractivity contribution is 7.80. The molecule has 18 heavy (non-hydrogen) atoms. The van der Waals surface area contributed by atoms with Gasteiger partial charge in [0.1, 0.15) is 6.04 Å². The maximum atomic E-state index is 11.8. The Balaban J connectivity index is 2.31. The number of carbonyl (C=O) groups is 2. The van der Waals surface area contributed by atoms with Gasteiger partial charge in [-0.25, -0.2) is 0 Å². The fourth-order valence-corrected chi connectivity index (χ4v) is 2.38. The molecular formula is C12H23N3O2S. The first-order chi connectivity index (χ1) is 8.54. The van der Waals surface area contributed by atoms with E-state index in [1.54, 1.807) is 0 Å². The van der Waals surface area contributed by atoms with Crippen LogP contribution in [0.2, 0.25) is 0 Å². The van der Waals surface area contributed by atoms with Gasteiger partial charge in [-0.3, -0.25) is 14.5 Å². The number of thiol groups is 1. The molecule has 1 aliphatic rings. The maximum absolute atomic E-state index is 11.8. The fraction of sp³-hybridized carbons (Fsp3) is 0.833. The summed E-state index contributed by atoms with van der Waals surface area (Å²) in [6.45, 7) is 6.34. The van der Waals surface area contributed by atoms with Crippen molar-refractivity contribution in [3.05, 3.63) is 0 Å². The third-order valence-electron chi connectivity index (χ3n) is 3.21. The van der Waals surface area contributed by atoms with E-state index in [0.717, 1.165) is 13.1 Å². The minimum absolute atomic E-state index is 0.161. The van der Waals surface area contributed by atoms with Gasteiger partial charge in [0.15, 0.2) is 0 Å². The number of likely N-dealkylation sites (tertiary alicyclic amines) is 1. The molecule has 2 atom stereocenters.